The van der Waals surface area contributed by atoms with E-state index in [0.29, 0.717) is 0 Å². The van der Waals surface area contributed by atoms with E-state index in [1.165, 1.54) is 77.2 Å². The average Bonchev–Trinajstić information content (AvgIpc) is 3.94. The maximum atomic E-state index is 6.91. The molecule has 11 aromatic rings. The topological polar surface area (TPSA) is 16.4 Å². The smallest absolute Gasteiger partial charge is 0.159 e. The Morgan fingerprint density at radius 3 is 1.66 bits per heavy atom. The number of para-hydroxylation sites is 1. The molecule has 0 aliphatic heterocycles. The van der Waals surface area contributed by atoms with Gasteiger partial charge in [0, 0.05) is 22.1 Å². The Labute approximate surface area is 341 Å². The molecule has 0 bridgehead atoms. The molecule has 2 aliphatic carbocycles. The molecule has 1 spiro atoms. The summed E-state index contributed by atoms with van der Waals surface area (Å²) >= 11 is 0. The molecule has 0 amide bonds. The van der Waals surface area contributed by atoms with Crippen LogP contribution >= 0.6 is 0 Å². The zero-order valence-electron chi connectivity index (χ0n) is 32.1. The van der Waals surface area contributed by atoms with Crippen LogP contribution in [0.15, 0.2) is 217 Å². The molecule has 0 unspecified atom stereocenters. The van der Waals surface area contributed by atoms with Gasteiger partial charge in [-0.2, -0.15) is 0 Å². The maximum absolute atomic E-state index is 6.91. The third-order valence-electron chi connectivity index (χ3n) is 13.1. The van der Waals surface area contributed by atoms with Crippen molar-refractivity contribution < 1.29 is 4.42 Å². The summed E-state index contributed by atoms with van der Waals surface area (Å²) in [6.07, 6.45) is 0. The molecule has 10 aromatic carbocycles. The number of hydrogen-bond donors (Lipinski definition) is 0. The molecule has 2 heteroatoms. The van der Waals surface area contributed by atoms with E-state index in [-0.39, 0.29) is 0 Å². The Bertz CT molecular complexity index is 3470. The van der Waals surface area contributed by atoms with Gasteiger partial charge in [0.15, 0.2) is 5.58 Å². The van der Waals surface area contributed by atoms with Gasteiger partial charge in [-0.15, -0.1) is 0 Å². The summed E-state index contributed by atoms with van der Waals surface area (Å²) in [5.41, 5.74) is 17.4. The summed E-state index contributed by atoms with van der Waals surface area (Å²) in [5, 5.41) is 7.14. The largest absolute Gasteiger partial charge is 0.454 e. The fraction of sp³-hybridized carbons (Fsp3) is 0.0175. The quantitative estimate of drug-likeness (QED) is 0.178. The first-order valence-corrected chi connectivity index (χ1v) is 20.4. The van der Waals surface area contributed by atoms with Gasteiger partial charge < -0.3 is 9.32 Å². The normalized spacial score (nSPS) is 13.2. The minimum atomic E-state index is -0.399. The van der Waals surface area contributed by atoms with Crippen molar-refractivity contribution in [1.82, 2.24) is 0 Å². The molecule has 0 fully saturated rings. The molecule has 2 nitrogen and oxygen atoms in total. The lowest BCUT2D eigenvalue weighted by Crippen LogP contribution is -2.25. The van der Waals surface area contributed by atoms with E-state index < -0.39 is 5.41 Å². The lowest BCUT2D eigenvalue weighted by Gasteiger charge is -2.31. The Morgan fingerprint density at radius 1 is 0.356 bits per heavy atom. The van der Waals surface area contributed by atoms with Crippen molar-refractivity contribution in [3.05, 3.63) is 235 Å². The summed E-state index contributed by atoms with van der Waals surface area (Å²) < 4.78 is 6.91. The molecule has 0 radical (unpaired) electrons. The van der Waals surface area contributed by atoms with Crippen molar-refractivity contribution >= 4 is 60.5 Å². The van der Waals surface area contributed by atoms with Crippen LogP contribution in [0, 0.1) is 0 Å². The van der Waals surface area contributed by atoms with Crippen LogP contribution in [0.25, 0.3) is 76.9 Å². The summed E-state index contributed by atoms with van der Waals surface area (Å²) in [4.78, 5) is 2.39. The number of furan rings is 1. The van der Waals surface area contributed by atoms with Crippen LogP contribution in [-0.2, 0) is 5.41 Å². The van der Waals surface area contributed by atoms with Gasteiger partial charge in [-0.3, -0.25) is 0 Å². The van der Waals surface area contributed by atoms with E-state index in [1.54, 1.807) is 0 Å². The van der Waals surface area contributed by atoms with Gasteiger partial charge in [0.25, 0.3) is 0 Å². The van der Waals surface area contributed by atoms with Crippen LogP contribution in [0.3, 0.4) is 0 Å². The van der Waals surface area contributed by atoms with Gasteiger partial charge >= 0.3 is 0 Å². The second-order valence-electron chi connectivity index (χ2n) is 16.0. The summed E-state index contributed by atoms with van der Waals surface area (Å²) in [6.45, 7) is 0. The van der Waals surface area contributed by atoms with Crippen molar-refractivity contribution in [2.45, 2.75) is 5.41 Å². The molecule has 274 valence electrons. The van der Waals surface area contributed by atoms with E-state index >= 15 is 0 Å². The van der Waals surface area contributed by atoms with Crippen molar-refractivity contribution in [2.75, 3.05) is 4.90 Å². The van der Waals surface area contributed by atoms with Gasteiger partial charge in [-0.05, 0) is 120 Å². The molecule has 2 aliphatic rings. The van der Waals surface area contributed by atoms with Crippen molar-refractivity contribution in [3.8, 4) is 33.4 Å². The van der Waals surface area contributed by atoms with Crippen molar-refractivity contribution in [2.24, 2.45) is 0 Å². The first kappa shape index (κ1) is 32.4. The van der Waals surface area contributed by atoms with Gasteiger partial charge in [0.1, 0.15) is 5.58 Å². The number of fused-ring (bicyclic) bond motifs is 16. The van der Waals surface area contributed by atoms with E-state index in [0.717, 1.165) is 39.0 Å². The molecular weight excluding hydrogens is 715 g/mol. The predicted octanol–water partition coefficient (Wildman–Crippen LogP) is 15.4. The highest BCUT2D eigenvalue weighted by Gasteiger charge is 2.51. The zero-order valence-corrected chi connectivity index (χ0v) is 32.1. The maximum Gasteiger partial charge on any atom is 0.159 e. The SMILES string of the molecule is c1ccc2c(c1)-c1ccccc1C21c2ccccc2-c2cc(N(c3ccc(-c4ccc5ccccc5c4)cc3)c3cccc4c3oc3ccc5ccccc5c34)ccc21. The Balaban J connectivity index is 1.05. The highest BCUT2D eigenvalue weighted by Crippen LogP contribution is 2.63. The van der Waals surface area contributed by atoms with Gasteiger partial charge in [0.2, 0.25) is 0 Å². The third kappa shape index (κ3) is 4.46. The highest BCUT2D eigenvalue weighted by molar-refractivity contribution is 6.21. The fourth-order valence-electron chi connectivity index (χ4n) is 10.6. The predicted molar refractivity (Wildman–Crippen MR) is 245 cm³/mol. The average molecular weight is 750 g/mol. The second kappa shape index (κ2) is 12.2. The van der Waals surface area contributed by atoms with Crippen molar-refractivity contribution in [3.63, 3.8) is 0 Å². The molecule has 0 saturated carbocycles. The first-order valence-electron chi connectivity index (χ1n) is 20.4. The zero-order chi connectivity index (χ0) is 38.7. The number of rotatable bonds is 4. The van der Waals surface area contributed by atoms with Crippen LogP contribution in [0.2, 0.25) is 0 Å². The second-order valence-corrected chi connectivity index (χ2v) is 16.0. The highest BCUT2D eigenvalue weighted by atomic mass is 16.3. The summed E-state index contributed by atoms with van der Waals surface area (Å²) in [6, 6.07) is 77.9. The number of hydrogen-bond acceptors (Lipinski definition) is 2. The van der Waals surface area contributed by atoms with E-state index in [2.05, 4.69) is 217 Å². The molecule has 59 heavy (non-hydrogen) atoms. The number of anilines is 3. The minimum absolute atomic E-state index is 0.399. The Morgan fingerprint density at radius 2 is 0.915 bits per heavy atom. The number of nitrogens with zero attached hydrogens (tertiary/aromatic N) is 1. The lowest BCUT2D eigenvalue weighted by molar-refractivity contribution is 0.669. The van der Waals surface area contributed by atoms with Crippen LogP contribution in [0.4, 0.5) is 17.1 Å². The molecule has 1 heterocycles. The van der Waals surface area contributed by atoms with Gasteiger partial charge in [0.05, 0.1) is 11.1 Å². The van der Waals surface area contributed by atoms with Crippen LogP contribution in [0.1, 0.15) is 22.3 Å². The molecular formula is C57H35NO. The Kier molecular flexibility index (Phi) is 6.68. The lowest BCUT2D eigenvalue weighted by atomic mass is 9.70. The minimum Gasteiger partial charge on any atom is -0.454 e. The van der Waals surface area contributed by atoms with Gasteiger partial charge in [-0.25, -0.2) is 0 Å². The van der Waals surface area contributed by atoms with E-state index in [1.807, 2.05) is 0 Å². The standard InChI is InChI=1S/C57H35NO/c1-2-14-39-34-40(25-24-36(39)12-1)37-26-29-41(30-27-37)58(53-23-11-19-47-55-43-15-4-3-13-38(43)28-33-54(55)59-56(47)53)42-31-32-52-48(35-42)46-18-7-10-22-51(46)57(52)49-20-8-5-16-44(49)45-17-6-9-21-50(45)57/h1-35H. The van der Waals surface area contributed by atoms with E-state index in [4.69, 9.17) is 4.42 Å². The van der Waals surface area contributed by atoms with Crippen LogP contribution in [-0.4, -0.2) is 0 Å². The van der Waals surface area contributed by atoms with Crippen molar-refractivity contribution in [1.29, 1.82) is 0 Å². The fourth-order valence-corrected chi connectivity index (χ4v) is 10.6. The van der Waals surface area contributed by atoms with E-state index in [9.17, 15) is 0 Å². The number of benzene rings is 10. The Hall–Kier alpha value is -7.68. The molecule has 0 N–H and O–H groups in total. The molecule has 0 saturated heterocycles. The van der Waals surface area contributed by atoms with Crippen LogP contribution in [0.5, 0.6) is 0 Å². The first-order chi connectivity index (χ1) is 29.3. The molecule has 0 atom stereocenters. The van der Waals surface area contributed by atoms with Crippen LogP contribution < -0.4 is 4.90 Å². The summed E-state index contributed by atoms with van der Waals surface area (Å²) in [7, 11) is 0. The molecule has 1 aromatic heterocycles. The van der Waals surface area contributed by atoms with Gasteiger partial charge in [-0.1, -0.05) is 170 Å². The monoisotopic (exact) mass is 749 g/mol. The summed E-state index contributed by atoms with van der Waals surface area (Å²) in [5.74, 6) is 0. The third-order valence-corrected chi connectivity index (χ3v) is 13.1. The molecule has 13 rings (SSSR count).